The number of fused-ring (bicyclic) bond motifs is 1. The van der Waals surface area contributed by atoms with Crippen LogP contribution in [0.3, 0.4) is 0 Å². The number of aliphatic hydroxyl groups is 1. The average molecular weight is 273 g/mol. The molecule has 0 aliphatic carbocycles. The maximum Gasteiger partial charge on any atom is 0.125 e. The van der Waals surface area contributed by atoms with E-state index in [2.05, 4.69) is 5.32 Å². The molecule has 0 spiro atoms. The van der Waals surface area contributed by atoms with Crippen LogP contribution in [-0.4, -0.2) is 18.3 Å². The quantitative estimate of drug-likeness (QED) is 0.903. The van der Waals surface area contributed by atoms with Crippen molar-refractivity contribution < 1.29 is 14.2 Å². The molecule has 1 aliphatic heterocycles. The summed E-state index contributed by atoms with van der Waals surface area (Å²) in [7, 11) is 0. The van der Waals surface area contributed by atoms with Crippen LogP contribution in [0.1, 0.15) is 12.0 Å². The van der Waals surface area contributed by atoms with Gasteiger partial charge in [0.15, 0.2) is 0 Å². The van der Waals surface area contributed by atoms with E-state index in [9.17, 15) is 9.50 Å². The van der Waals surface area contributed by atoms with Crippen molar-refractivity contribution in [3.63, 3.8) is 0 Å². The van der Waals surface area contributed by atoms with Crippen LogP contribution in [0, 0.1) is 5.82 Å². The van der Waals surface area contributed by atoms with Crippen molar-refractivity contribution in [3.05, 3.63) is 59.9 Å². The Kier molecular flexibility index (Phi) is 3.32. The molecule has 1 heterocycles. The zero-order chi connectivity index (χ0) is 14.0. The normalized spacial score (nSPS) is 20.9. The third-order valence-electron chi connectivity index (χ3n) is 3.67. The summed E-state index contributed by atoms with van der Waals surface area (Å²) in [6.45, 7) is 0.434. The fourth-order valence-electron chi connectivity index (χ4n) is 2.63. The molecular formula is C16H16FNO2. The molecule has 0 radical (unpaired) electrons. The van der Waals surface area contributed by atoms with Crippen molar-refractivity contribution in [3.8, 4) is 5.75 Å². The Morgan fingerprint density at radius 2 is 2.05 bits per heavy atom. The van der Waals surface area contributed by atoms with Gasteiger partial charge in [-0.3, -0.25) is 0 Å². The molecule has 1 aliphatic rings. The highest BCUT2D eigenvalue weighted by Crippen LogP contribution is 2.39. The van der Waals surface area contributed by atoms with Gasteiger partial charge in [-0.25, -0.2) is 4.39 Å². The summed E-state index contributed by atoms with van der Waals surface area (Å²) in [4.78, 5) is 0. The molecular weight excluding hydrogens is 257 g/mol. The minimum absolute atomic E-state index is 0.0795. The highest BCUT2D eigenvalue weighted by molar-refractivity contribution is 5.52. The number of aliphatic hydroxyl groups excluding tert-OH is 1. The van der Waals surface area contributed by atoms with Crippen molar-refractivity contribution >= 4 is 5.69 Å². The highest BCUT2D eigenvalue weighted by Gasteiger charge is 2.37. The third-order valence-corrected chi connectivity index (χ3v) is 3.67. The molecule has 2 N–H and O–H groups in total. The molecule has 1 atom stereocenters. The lowest BCUT2D eigenvalue weighted by Gasteiger charge is -2.39. The first-order chi connectivity index (χ1) is 9.73. The number of ether oxygens (including phenoxy) is 1. The summed E-state index contributed by atoms with van der Waals surface area (Å²) < 4.78 is 18.9. The maximum atomic E-state index is 13.3. The van der Waals surface area contributed by atoms with Crippen molar-refractivity contribution in [1.29, 1.82) is 0 Å². The number of hydrogen-bond acceptors (Lipinski definition) is 3. The average Bonchev–Trinajstić information content (AvgIpc) is 2.47. The van der Waals surface area contributed by atoms with Gasteiger partial charge < -0.3 is 15.2 Å². The number of para-hydroxylation sites is 1. The van der Waals surface area contributed by atoms with E-state index in [0.29, 0.717) is 18.7 Å². The molecule has 4 heteroatoms. The molecule has 0 aromatic heterocycles. The molecule has 0 bridgehead atoms. The largest absolute Gasteiger partial charge is 0.493 e. The van der Waals surface area contributed by atoms with Crippen LogP contribution in [0.25, 0.3) is 0 Å². The first kappa shape index (κ1) is 12.9. The number of nitrogens with one attached hydrogen (secondary N) is 1. The Morgan fingerprint density at radius 3 is 2.85 bits per heavy atom. The fourth-order valence-corrected chi connectivity index (χ4v) is 2.63. The lowest BCUT2D eigenvalue weighted by molar-refractivity contribution is 0.152. The summed E-state index contributed by atoms with van der Waals surface area (Å²) in [5.41, 5.74) is 0.914. The van der Waals surface area contributed by atoms with Gasteiger partial charge in [-0.2, -0.15) is 0 Å². The molecule has 1 unspecified atom stereocenters. The van der Waals surface area contributed by atoms with Gasteiger partial charge in [-0.1, -0.05) is 24.3 Å². The second-order valence-electron chi connectivity index (χ2n) is 4.97. The third kappa shape index (κ3) is 2.23. The number of anilines is 1. The monoisotopic (exact) mass is 273 g/mol. The minimum atomic E-state index is -0.636. The first-order valence-corrected chi connectivity index (χ1v) is 6.60. The maximum absolute atomic E-state index is 13.3. The standard InChI is InChI=1S/C16H16FNO2/c17-12-4-3-5-13(10-12)18-16(11-19)8-9-20-15-7-2-1-6-14(15)16/h1-7,10,18-19H,8-9,11H2. The smallest absolute Gasteiger partial charge is 0.125 e. The predicted octanol–water partition coefficient (Wildman–Crippen LogP) is 2.91. The molecule has 0 saturated heterocycles. The first-order valence-electron chi connectivity index (χ1n) is 6.60. The van der Waals surface area contributed by atoms with Crippen molar-refractivity contribution in [2.45, 2.75) is 12.0 Å². The molecule has 104 valence electrons. The summed E-state index contributed by atoms with van der Waals surface area (Å²) >= 11 is 0. The van der Waals surface area contributed by atoms with Gasteiger partial charge in [-0.05, 0) is 24.3 Å². The summed E-state index contributed by atoms with van der Waals surface area (Å²) in [6, 6.07) is 13.9. The lowest BCUT2D eigenvalue weighted by atomic mass is 9.85. The number of halogens is 1. The molecule has 2 aromatic carbocycles. The van der Waals surface area contributed by atoms with E-state index in [1.165, 1.54) is 12.1 Å². The van der Waals surface area contributed by atoms with Crippen molar-refractivity contribution in [2.75, 3.05) is 18.5 Å². The van der Waals surface area contributed by atoms with Crippen molar-refractivity contribution in [2.24, 2.45) is 0 Å². The topological polar surface area (TPSA) is 41.5 Å². The summed E-state index contributed by atoms with van der Waals surface area (Å²) in [5, 5.41) is 13.2. The van der Waals surface area contributed by atoms with E-state index >= 15 is 0 Å². The van der Waals surface area contributed by atoms with Gasteiger partial charge in [0, 0.05) is 17.7 Å². The summed E-state index contributed by atoms with van der Waals surface area (Å²) in [6.07, 6.45) is 0.622. The summed E-state index contributed by atoms with van der Waals surface area (Å²) in [5.74, 6) is 0.458. The SMILES string of the molecule is OCC1(Nc2cccc(F)c2)CCOc2ccccc21. The number of benzene rings is 2. The minimum Gasteiger partial charge on any atom is -0.493 e. The Labute approximate surface area is 117 Å². The fraction of sp³-hybridized carbons (Fsp3) is 0.250. The van der Waals surface area contributed by atoms with Gasteiger partial charge in [0.05, 0.1) is 18.8 Å². The predicted molar refractivity (Wildman–Crippen MR) is 75.3 cm³/mol. The van der Waals surface area contributed by atoms with Gasteiger partial charge in [0.2, 0.25) is 0 Å². The van der Waals surface area contributed by atoms with Crippen LogP contribution in [-0.2, 0) is 5.54 Å². The van der Waals surface area contributed by atoms with E-state index in [1.807, 2.05) is 24.3 Å². The van der Waals surface area contributed by atoms with Crippen LogP contribution in [0.4, 0.5) is 10.1 Å². The second kappa shape index (κ2) is 5.13. The van der Waals surface area contributed by atoms with Crippen LogP contribution in [0.15, 0.2) is 48.5 Å². The highest BCUT2D eigenvalue weighted by atomic mass is 19.1. The molecule has 2 aromatic rings. The molecule has 0 saturated carbocycles. The molecule has 0 amide bonds. The molecule has 0 fully saturated rings. The second-order valence-corrected chi connectivity index (χ2v) is 4.97. The van der Waals surface area contributed by atoms with E-state index < -0.39 is 5.54 Å². The van der Waals surface area contributed by atoms with E-state index in [-0.39, 0.29) is 12.4 Å². The molecule has 3 rings (SSSR count). The van der Waals surface area contributed by atoms with Gasteiger partial charge >= 0.3 is 0 Å². The van der Waals surface area contributed by atoms with E-state index in [4.69, 9.17) is 4.74 Å². The van der Waals surface area contributed by atoms with E-state index in [1.54, 1.807) is 12.1 Å². The van der Waals surface area contributed by atoms with Crippen molar-refractivity contribution in [1.82, 2.24) is 0 Å². The van der Waals surface area contributed by atoms with Crippen LogP contribution >= 0.6 is 0 Å². The Bertz CT molecular complexity index is 617. The lowest BCUT2D eigenvalue weighted by Crippen LogP contribution is -2.43. The van der Waals surface area contributed by atoms with Gasteiger partial charge in [0.1, 0.15) is 11.6 Å². The Hall–Kier alpha value is -2.07. The van der Waals surface area contributed by atoms with Gasteiger partial charge in [-0.15, -0.1) is 0 Å². The van der Waals surface area contributed by atoms with Gasteiger partial charge in [0.25, 0.3) is 0 Å². The Balaban J connectivity index is 2.00. The molecule has 20 heavy (non-hydrogen) atoms. The van der Waals surface area contributed by atoms with E-state index in [0.717, 1.165) is 11.3 Å². The molecule has 3 nitrogen and oxygen atoms in total. The zero-order valence-corrected chi connectivity index (χ0v) is 11.0. The zero-order valence-electron chi connectivity index (χ0n) is 11.0. The Morgan fingerprint density at radius 1 is 1.20 bits per heavy atom. The van der Waals surface area contributed by atoms with Crippen LogP contribution in [0.2, 0.25) is 0 Å². The van der Waals surface area contributed by atoms with Crippen LogP contribution < -0.4 is 10.1 Å². The van der Waals surface area contributed by atoms with Crippen LogP contribution in [0.5, 0.6) is 5.75 Å². The number of rotatable bonds is 3. The number of hydrogen-bond donors (Lipinski definition) is 2.